The first-order valence-corrected chi connectivity index (χ1v) is 4.44. The molecule has 2 rings (SSSR count). The van der Waals surface area contributed by atoms with Crippen molar-refractivity contribution >= 4 is 12.2 Å². The second-order valence-corrected chi connectivity index (χ2v) is 3.25. The molecule has 0 aromatic heterocycles. The van der Waals surface area contributed by atoms with Crippen molar-refractivity contribution in [3.63, 3.8) is 0 Å². The van der Waals surface area contributed by atoms with Gasteiger partial charge in [-0.3, -0.25) is 0 Å². The first-order valence-electron chi connectivity index (χ1n) is 4.44. The van der Waals surface area contributed by atoms with Crippen LogP contribution in [-0.2, 0) is 4.74 Å². The van der Waals surface area contributed by atoms with E-state index in [0.29, 0.717) is 12.3 Å². The Bertz CT molecular complexity index is 370. The minimum absolute atomic E-state index is 0.285. The van der Waals surface area contributed by atoms with Crippen molar-refractivity contribution in [3.8, 4) is 0 Å². The number of rotatable bonds is 1. The highest BCUT2D eigenvalue weighted by Crippen LogP contribution is 2.15. The standard InChI is InChI=1S/C11H11NO2/c1-12-8-10(14-11(12)13)7-9-5-3-2-4-6-9/h2-7H,8H2,1H3/b10-7+. The van der Waals surface area contributed by atoms with Gasteiger partial charge in [-0.25, -0.2) is 4.79 Å². The van der Waals surface area contributed by atoms with E-state index in [1.54, 1.807) is 7.05 Å². The molecular formula is C11H11NO2. The minimum Gasteiger partial charge on any atom is -0.413 e. The monoisotopic (exact) mass is 189 g/mol. The molecule has 0 atom stereocenters. The number of nitrogens with zero attached hydrogens (tertiary/aromatic N) is 1. The second-order valence-electron chi connectivity index (χ2n) is 3.25. The Morgan fingerprint density at radius 1 is 1.36 bits per heavy atom. The highest BCUT2D eigenvalue weighted by atomic mass is 16.6. The van der Waals surface area contributed by atoms with Crippen LogP contribution in [0, 0.1) is 0 Å². The van der Waals surface area contributed by atoms with Crippen molar-refractivity contribution in [3.05, 3.63) is 41.7 Å². The van der Waals surface area contributed by atoms with Gasteiger partial charge in [-0.15, -0.1) is 0 Å². The maximum Gasteiger partial charge on any atom is 0.415 e. The van der Waals surface area contributed by atoms with E-state index < -0.39 is 0 Å². The van der Waals surface area contributed by atoms with Crippen LogP contribution in [0.25, 0.3) is 6.08 Å². The second kappa shape index (κ2) is 3.54. The molecule has 1 saturated heterocycles. The molecule has 1 amide bonds. The number of ether oxygens (including phenoxy) is 1. The summed E-state index contributed by atoms with van der Waals surface area (Å²) in [7, 11) is 1.72. The first-order chi connectivity index (χ1) is 6.75. The molecule has 0 bridgehead atoms. The van der Waals surface area contributed by atoms with E-state index in [2.05, 4.69) is 0 Å². The number of carbonyl (C=O) groups excluding carboxylic acids is 1. The molecule has 14 heavy (non-hydrogen) atoms. The van der Waals surface area contributed by atoms with Gasteiger partial charge in [0.05, 0.1) is 6.54 Å². The number of amides is 1. The Morgan fingerprint density at radius 3 is 2.64 bits per heavy atom. The van der Waals surface area contributed by atoms with Crippen LogP contribution in [0.1, 0.15) is 5.56 Å². The molecule has 0 spiro atoms. The molecule has 1 aliphatic heterocycles. The van der Waals surface area contributed by atoms with Crippen molar-refractivity contribution in [1.29, 1.82) is 0 Å². The van der Waals surface area contributed by atoms with Crippen LogP contribution in [0.5, 0.6) is 0 Å². The quantitative estimate of drug-likeness (QED) is 0.677. The van der Waals surface area contributed by atoms with Gasteiger partial charge in [-0.1, -0.05) is 30.3 Å². The molecule has 3 nitrogen and oxygen atoms in total. The summed E-state index contributed by atoms with van der Waals surface area (Å²) in [6.07, 6.45) is 1.59. The molecule has 1 aromatic rings. The third-order valence-corrected chi connectivity index (χ3v) is 2.05. The Kier molecular flexibility index (Phi) is 2.23. The van der Waals surface area contributed by atoms with E-state index in [4.69, 9.17) is 4.74 Å². The number of hydrogen-bond acceptors (Lipinski definition) is 2. The lowest BCUT2D eigenvalue weighted by molar-refractivity contribution is 0.175. The molecule has 1 heterocycles. The van der Waals surface area contributed by atoms with Gasteiger partial charge in [0.15, 0.2) is 0 Å². The largest absolute Gasteiger partial charge is 0.415 e. The van der Waals surface area contributed by atoms with Crippen LogP contribution in [0.2, 0.25) is 0 Å². The van der Waals surface area contributed by atoms with E-state index in [1.165, 1.54) is 4.90 Å². The molecular weight excluding hydrogens is 178 g/mol. The molecule has 1 aliphatic rings. The van der Waals surface area contributed by atoms with Gasteiger partial charge in [0.25, 0.3) is 0 Å². The predicted octanol–water partition coefficient (Wildman–Crippen LogP) is 2.11. The maximum absolute atomic E-state index is 11.0. The Balaban J connectivity index is 2.17. The Morgan fingerprint density at radius 2 is 2.07 bits per heavy atom. The van der Waals surface area contributed by atoms with Crippen molar-refractivity contribution in [2.24, 2.45) is 0 Å². The van der Waals surface area contributed by atoms with Crippen LogP contribution in [0.4, 0.5) is 4.79 Å². The zero-order valence-corrected chi connectivity index (χ0v) is 7.93. The fraction of sp³-hybridized carbons (Fsp3) is 0.182. The summed E-state index contributed by atoms with van der Waals surface area (Å²) in [4.78, 5) is 12.6. The lowest BCUT2D eigenvalue weighted by Crippen LogP contribution is -2.17. The molecule has 1 aromatic carbocycles. The molecule has 1 fully saturated rings. The molecule has 0 aliphatic carbocycles. The molecule has 0 N–H and O–H groups in total. The fourth-order valence-electron chi connectivity index (χ4n) is 1.33. The number of carbonyl (C=O) groups is 1. The van der Waals surface area contributed by atoms with Gasteiger partial charge in [-0.05, 0) is 11.6 Å². The SMILES string of the molecule is CN1C/C(=C\c2ccccc2)OC1=O. The molecule has 3 heteroatoms. The average molecular weight is 189 g/mol. The first kappa shape index (κ1) is 8.81. The van der Waals surface area contributed by atoms with Crippen molar-refractivity contribution in [2.45, 2.75) is 0 Å². The normalized spacial score (nSPS) is 18.8. The fourth-order valence-corrected chi connectivity index (χ4v) is 1.33. The third kappa shape index (κ3) is 1.76. The summed E-state index contributed by atoms with van der Waals surface area (Å²) in [6, 6.07) is 9.80. The summed E-state index contributed by atoms with van der Waals surface area (Å²) in [6.45, 7) is 0.549. The zero-order chi connectivity index (χ0) is 9.97. The number of benzene rings is 1. The Labute approximate surface area is 82.6 Å². The third-order valence-electron chi connectivity index (χ3n) is 2.05. The minimum atomic E-state index is -0.285. The van der Waals surface area contributed by atoms with Crippen molar-refractivity contribution in [1.82, 2.24) is 4.90 Å². The summed E-state index contributed by atoms with van der Waals surface area (Å²) < 4.78 is 5.03. The van der Waals surface area contributed by atoms with Crippen LogP contribution in [0.3, 0.4) is 0 Å². The lowest BCUT2D eigenvalue weighted by Gasteiger charge is -1.98. The smallest absolute Gasteiger partial charge is 0.413 e. The summed E-state index contributed by atoms with van der Waals surface area (Å²) in [5, 5.41) is 0. The highest BCUT2D eigenvalue weighted by Gasteiger charge is 2.22. The topological polar surface area (TPSA) is 29.5 Å². The molecule has 0 radical (unpaired) electrons. The molecule has 72 valence electrons. The van der Waals surface area contributed by atoms with Gasteiger partial charge in [0.1, 0.15) is 5.76 Å². The summed E-state index contributed by atoms with van der Waals surface area (Å²) in [5.41, 5.74) is 1.05. The van der Waals surface area contributed by atoms with Crippen LogP contribution in [0.15, 0.2) is 36.1 Å². The predicted molar refractivity (Wildman–Crippen MR) is 53.5 cm³/mol. The molecule has 0 unspecified atom stereocenters. The zero-order valence-electron chi connectivity index (χ0n) is 7.93. The van der Waals surface area contributed by atoms with Crippen LogP contribution < -0.4 is 0 Å². The van der Waals surface area contributed by atoms with E-state index in [-0.39, 0.29) is 6.09 Å². The number of hydrogen-bond donors (Lipinski definition) is 0. The van der Waals surface area contributed by atoms with Crippen LogP contribution >= 0.6 is 0 Å². The Hall–Kier alpha value is -1.77. The van der Waals surface area contributed by atoms with Gasteiger partial charge in [0, 0.05) is 7.05 Å². The van der Waals surface area contributed by atoms with E-state index in [9.17, 15) is 4.79 Å². The van der Waals surface area contributed by atoms with Gasteiger partial charge < -0.3 is 9.64 Å². The van der Waals surface area contributed by atoms with E-state index in [1.807, 2.05) is 36.4 Å². The number of likely N-dealkylation sites (N-methyl/N-ethyl adjacent to an activating group) is 1. The lowest BCUT2D eigenvalue weighted by atomic mass is 10.2. The van der Waals surface area contributed by atoms with Gasteiger partial charge >= 0.3 is 6.09 Å². The summed E-state index contributed by atoms with van der Waals surface area (Å²) >= 11 is 0. The van der Waals surface area contributed by atoms with Gasteiger partial charge in [0.2, 0.25) is 0 Å². The summed E-state index contributed by atoms with van der Waals surface area (Å²) in [5.74, 6) is 0.698. The maximum atomic E-state index is 11.0. The number of cyclic esters (lactones) is 1. The van der Waals surface area contributed by atoms with E-state index in [0.717, 1.165) is 5.56 Å². The average Bonchev–Trinajstić information content (AvgIpc) is 2.47. The van der Waals surface area contributed by atoms with Crippen LogP contribution in [-0.4, -0.2) is 24.6 Å². The molecule has 0 saturated carbocycles. The van der Waals surface area contributed by atoms with Gasteiger partial charge in [-0.2, -0.15) is 0 Å². The highest BCUT2D eigenvalue weighted by molar-refractivity contribution is 5.73. The van der Waals surface area contributed by atoms with E-state index >= 15 is 0 Å². The van der Waals surface area contributed by atoms with Crippen molar-refractivity contribution in [2.75, 3.05) is 13.6 Å². The van der Waals surface area contributed by atoms with Crippen molar-refractivity contribution < 1.29 is 9.53 Å².